The molecule has 2 heterocycles. The van der Waals surface area contributed by atoms with Crippen LogP contribution in [0.1, 0.15) is 24.7 Å². The molecule has 7 nitrogen and oxygen atoms in total. The second-order valence-corrected chi connectivity index (χ2v) is 7.97. The van der Waals surface area contributed by atoms with Gasteiger partial charge in [0.1, 0.15) is 0 Å². The summed E-state index contributed by atoms with van der Waals surface area (Å²) in [5, 5.41) is 2.95. The lowest BCUT2D eigenvalue weighted by Gasteiger charge is -2.22. The van der Waals surface area contributed by atoms with Crippen LogP contribution in [0.2, 0.25) is 0 Å². The van der Waals surface area contributed by atoms with E-state index in [2.05, 4.69) is 15.3 Å². The summed E-state index contributed by atoms with van der Waals surface area (Å²) in [6.45, 7) is 7.06. The maximum absolute atomic E-state index is 12.8. The van der Waals surface area contributed by atoms with Gasteiger partial charge in [0.05, 0.1) is 5.92 Å². The van der Waals surface area contributed by atoms with Crippen molar-refractivity contribution < 1.29 is 9.59 Å². The normalized spacial score (nSPS) is 15.7. The molecule has 2 aromatic carbocycles. The van der Waals surface area contributed by atoms with Crippen LogP contribution < -0.4 is 15.1 Å². The summed E-state index contributed by atoms with van der Waals surface area (Å²) in [5.74, 6) is 0.110. The summed E-state index contributed by atoms with van der Waals surface area (Å²) in [6.07, 6.45) is 0.215. The highest BCUT2D eigenvalue weighted by molar-refractivity contribution is 6.03. The highest BCUT2D eigenvalue weighted by Gasteiger charge is 2.35. The Morgan fingerprint density at radius 1 is 1.06 bits per heavy atom. The largest absolute Gasteiger partial charge is 0.326 e. The monoisotopic (exact) mass is 429 g/mol. The predicted molar refractivity (Wildman–Crippen MR) is 126 cm³/mol. The van der Waals surface area contributed by atoms with Crippen LogP contribution in [0.4, 0.5) is 23.0 Å². The molecule has 0 spiro atoms. The van der Waals surface area contributed by atoms with E-state index in [1.165, 1.54) is 0 Å². The molecule has 1 fully saturated rings. The minimum Gasteiger partial charge on any atom is -0.326 e. The average molecular weight is 430 g/mol. The number of carbonyl (C=O) groups is 2. The van der Waals surface area contributed by atoms with E-state index in [1.54, 1.807) is 4.90 Å². The topological polar surface area (TPSA) is 78.4 Å². The molecular formula is C25H27N5O2. The zero-order valence-electron chi connectivity index (χ0n) is 18.6. The van der Waals surface area contributed by atoms with Gasteiger partial charge in [-0.05, 0) is 63.2 Å². The Kier molecular flexibility index (Phi) is 6.16. The second-order valence-electron chi connectivity index (χ2n) is 7.97. The van der Waals surface area contributed by atoms with E-state index >= 15 is 0 Å². The lowest BCUT2D eigenvalue weighted by Crippen LogP contribution is -2.28. The molecule has 7 heteroatoms. The number of hydrogen-bond acceptors (Lipinski definition) is 5. The number of benzene rings is 2. The van der Waals surface area contributed by atoms with Crippen LogP contribution >= 0.6 is 0 Å². The van der Waals surface area contributed by atoms with Crippen molar-refractivity contribution in [1.29, 1.82) is 0 Å². The van der Waals surface area contributed by atoms with Gasteiger partial charge in [0, 0.05) is 48.0 Å². The van der Waals surface area contributed by atoms with Gasteiger partial charge in [-0.15, -0.1) is 0 Å². The van der Waals surface area contributed by atoms with Crippen molar-refractivity contribution in [2.24, 2.45) is 5.92 Å². The molecule has 3 aromatic rings. The van der Waals surface area contributed by atoms with Gasteiger partial charge in [-0.3, -0.25) is 9.59 Å². The van der Waals surface area contributed by atoms with Gasteiger partial charge in [-0.1, -0.05) is 18.2 Å². The first kappa shape index (κ1) is 21.5. The average Bonchev–Trinajstić information content (AvgIpc) is 3.17. The van der Waals surface area contributed by atoms with E-state index in [4.69, 9.17) is 0 Å². The van der Waals surface area contributed by atoms with Crippen LogP contribution in [0.25, 0.3) is 0 Å². The van der Waals surface area contributed by atoms with Crippen molar-refractivity contribution >= 4 is 34.8 Å². The lowest BCUT2D eigenvalue weighted by molar-refractivity contribution is -0.122. The number of para-hydroxylation sites is 1. The smallest absolute Gasteiger partial charge is 0.230 e. The second kappa shape index (κ2) is 9.18. The van der Waals surface area contributed by atoms with Gasteiger partial charge in [-0.2, -0.15) is 0 Å². The molecule has 1 N–H and O–H groups in total. The molecule has 1 aliphatic heterocycles. The molecule has 1 unspecified atom stereocenters. The number of aryl methyl sites for hydroxylation is 2. The van der Waals surface area contributed by atoms with E-state index < -0.39 is 0 Å². The molecule has 1 aliphatic rings. The molecule has 2 amide bonds. The van der Waals surface area contributed by atoms with E-state index in [9.17, 15) is 9.59 Å². The zero-order chi connectivity index (χ0) is 22.7. The molecule has 1 atom stereocenters. The van der Waals surface area contributed by atoms with Crippen LogP contribution in [-0.2, 0) is 9.59 Å². The van der Waals surface area contributed by atoms with Crippen molar-refractivity contribution in [3.63, 3.8) is 0 Å². The van der Waals surface area contributed by atoms with Gasteiger partial charge >= 0.3 is 0 Å². The third-order valence-electron chi connectivity index (χ3n) is 5.54. The first-order chi connectivity index (χ1) is 15.4. The molecule has 0 bridgehead atoms. The Bertz CT molecular complexity index is 1090. The summed E-state index contributed by atoms with van der Waals surface area (Å²) in [4.78, 5) is 38.0. The fourth-order valence-electron chi connectivity index (χ4n) is 3.98. The van der Waals surface area contributed by atoms with Crippen LogP contribution in [-0.4, -0.2) is 34.9 Å². The summed E-state index contributed by atoms with van der Waals surface area (Å²) in [7, 11) is 0. The minimum atomic E-state index is -0.377. The summed E-state index contributed by atoms with van der Waals surface area (Å²) in [5.41, 5.74) is 4.31. The number of hydrogen-bond donors (Lipinski definition) is 1. The van der Waals surface area contributed by atoms with Gasteiger partial charge in [0.25, 0.3) is 0 Å². The maximum Gasteiger partial charge on any atom is 0.230 e. The van der Waals surface area contributed by atoms with Crippen LogP contribution in [0.5, 0.6) is 0 Å². The first-order valence-corrected chi connectivity index (χ1v) is 10.8. The number of amides is 2. The molecule has 4 rings (SSSR count). The first-order valence-electron chi connectivity index (χ1n) is 10.8. The predicted octanol–water partition coefficient (Wildman–Crippen LogP) is 4.24. The lowest BCUT2D eigenvalue weighted by atomic mass is 10.1. The van der Waals surface area contributed by atoms with E-state index in [1.807, 2.05) is 86.3 Å². The number of nitrogens with one attached hydrogen (secondary N) is 1. The highest BCUT2D eigenvalue weighted by atomic mass is 16.2. The fourth-order valence-corrected chi connectivity index (χ4v) is 3.98. The van der Waals surface area contributed by atoms with Gasteiger partial charge in [-0.25, -0.2) is 9.97 Å². The van der Waals surface area contributed by atoms with Crippen molar-refractivity contribution in [2.45, 2.75) is 27.2 Å². The van der Waals surface area contributed by atoms with Gasteiger partial charge < -0.3 is 15.1 Å². The molecule has 0 radical (unpaired) electrons. The van der Waals surface area contributed by atoms with Gasteiger partial charge in [0.2, 0.25) is 17.8 Å². The van der Waals surface area contributed by atoms with Crippen LogP contribution in [0.15, 0.2) is 60.7 Å². The third kappa shape index (κ3) is 4.61. The zero-order valence-corrected chi connectivity index (χ0v) is 18.6. The fraction of sp³-hybridized carbons (Fsp3) is 0.280. The SMILES string of the molecule is CCN(c1ccc(NC(=O)C2CC(=O)N(c3ccccc3)C2)cc1)c1nc(C)cc(C)n1. The van der Waals surface area contributed by atoms with Crippen molar-refractivity contribution in [2.75, 3.05) is 28.2 Å². The quantitative estimate of drug-likeness (QED) is 0.634. The van der Waals surface area contributed by atoms with E-state index in [-0.39, 0.29) is 24.2 Å². The minimum absolute atomic E-state index is 0.0290. The Balaban J connectivity index is 1.43. The van der Waals surface area contributed by atoms with Gasteiger partial charge in [0.15, 0.2) is 0 Å². The molecule has 0 aliphatic carbocycles. The number of rotatable bonds is 6. The Hall–Kier alpha value is -3.74. The van der Waals surface area contributed by atoms with Crippen LogP contribution in [0.3, 0.4) is 0 Å². The third-order valence-corrected chi connectivity index (χ3v) is 5.54. The number of carbonyl (C=O) groups excluding carboxylic acids is 2. The standard InChI is InChI=1S/C25H27N5O2/c1-4-29(25-26-17(2)14-18(3)27-25)22-12-10-20(11-13-22)28-24(32)19-15-23(31)30(16-19)21-8-6-5-7-9-21/h5-14,19H,4,15-16H2,1-3H3,(H,28,32). The summed E-state index contributed by atoms with van der Waals surface area (Å²) in [6, 6.07) is 19.0. The molecule has 164 valence electrons. The molecule has 1 saturated heterocycles. The Morgan fingerprint density at radius 3 is 2.34 bits per heavy atom. The van der Waals surface area contributed by atoms with Crippen molar-refractivity contribution in [3.8, 4) is 0 Å². The van der Waals surface area contributed by atoms with E-state index in [0.717, 1.165) is 22.8 Å². The van der Waals surface area contributed by atoms with E-state index in [0.29, 0.717) is 24.7 Å². The number of nitrogens with zero attached hydrogens (tertiary/aromatic N) is 4. The highest BCUT2D eigenvalue weighted by Crippen LogP contribution is 2.27. The number of anilines is 4. The Morgan fingerprint density at radius 2 is 1.72 bits per heavy atom. The summed E-state index contributed by atoms with van der Waals surface area (Å²) >= 11 is 0. The summed E-state index contributed by atoms with van der Waals surface area (Å²) < 4.78 is 0. The molecule has 1 aromatic heterocycles. The van der Waals surface area contributed by atoms with Crippen molar-refractivity contribution in [3.05, 3.63) is 72.1 Å². The molecular weight excluding hydrogens is 402 g/mol. The molecule has 0 saturated carbocycles. The van der Waals surface area contributed by atoms with Crippen molar-refractivity contribution in [1.82, 2.24) is 9.97 Å². The maximum atomic E-state index is 12.8. The van der Waals surface area contributed by atoms with Crippen LogP contribution in [0, 0.1) is 19.8 Å². The molecule has 32 heavy (non-hydrogen) atoms. The number of aromatic nitrogens is 2. The Labute approximate surface area is 188 Å².